The van der Waals surface area contributed by atoms with Crippen LogP contribution in [0.2, 0.25) is 0 Å². The third-order valence-electron chi connectivity index (χ3n) is 4.74. The molecule has 0 aliphatic heterocycles. The number of halogens is 2. The molecule has 31 heavy (non-hydrogen) atoms. The summed E-state index contributed by atoms with van der Waals surface area (Å²) in [6.45, 7) is 8.25. The summed E-state index contributed by atoms with van der Waals surface area (Å²) >= 11 is 1.24. The van der Waals surface area contributed by atoms with Gasteiger partial charge in [-0.15, -0.1) is 11.3 Å². The van der Waals surface area contributed by atoms with E-state index in [2.05, 4.69) is 15.6 Å². The number of amides is 2. The molecule has 1 aromatic carbocycles. The number of rotatable bonds is 10. The molecular weight excluding hydrogens is 424 g/mol. The van der Waals surface area contributed by atoms with Crippen LogP contribution in [0.4, 0.5) is 13.9 Å². The first-order chi connectivity index (χ1) is 14.6. The molecule has 0 fully saturated rings. The van der Waals surface area contributed by atoms with E-state index in [9.17, 15) is 18.4 Å². The van der Waals surface area contributed by atoms with E-state index in [0.717, 1.165) is 17.0 Å². The van der Waals surface area contributed by atoms with Gasteiger partial charge in [-0.25, -0.2) is 13.8 Å². The lowest BCUT2D eigenvalue weighted by Crippen LogP contribution is -2.52. The highest BCUT2D eigenvalue weighted by atomic mass is 32.1. The van der Waals surface area contributed by atoms with Crippen molar-refractivity contribution in [3.05, 3.63) is 46.5 Å². The van der Waals surface area contributed by atoms with Crippen LogP contribution in [0.3, 0.4) is 0 Å². The van der Waals surface area contributed by atoms with Gasteiger partial charge in [-0.3, -0.25) is 14.5 Å². The quantitative estimate of drug-likeness (QED) is 0.513. The van der Waals surface area contributed by atoms with Crippen LogP contribution in [0, 0.1) is 11.6 Å². The molecule has 0 spiro atoms. The van der Waals surface area contributed by atoms with Gasteiger partial charge in [0.15, 0.2) is 16.8 Å². The van der Waals surface area contributed by atoms with Gasteiger partial charge in [0, 0.05) is 29.6 Å². The van der Waals surface area contributed by atoms with Gasteiger partial charge in [-0.1, -0.05) is 6.07 Å². The molecule has 4 N–H and O–H groups in total. The number of hydrogen-bond acceptors (Lipinski definition) is 6. The maximum Gasteiger partial charge on any atom is 0.243 e. The normalized spacial score (nSPS) is 12.4. The molecule has 7 nitrogen and oxygen atoms in total. The lowest BCUT2D eigenvalue weighted by molar-refractivity contribution is -0.130. The van der Waals surface area contributed by atoms with E-state index < -0.39 is 23.6 Å². The van der Waals surface area contributed by atoms with Crippen LogP contribution in [0.25, 0.3) is 0 Å². The van der Waals surface area contributed by atoms with Gasteiger partial charge in [0.1, 0.15) is 6.04 Å². The Bertz CT molecular complexity index is 896. The SMILES string of the molecule is CC(C)N(CC(=O)NC(Cc1ccc(F)c(F)c1)C(=O)NCc1cnc(N)s1)C(C)C. The summed E-state index contributed by atoms with van der Waals surface area (Å²) in [4.78, 5) is 32.2. The van der Waals surface area contributed by atoms with Crippen molar-refractivity contribution in [3.63, 3.8) is 0 Å². The van der Waals surface area contributed by atoms with Gasteiger partial charge < -0.3 is 16.4 Å². The second-order valence-electron chi connectivity index (χ2n) is 7.82. The van der Waals surface area contributed by atoms with Crippen LogP contribution >= 0.6 is 11.3 Å². The van der Waals surface area contributed by atoms with Crippen molar-refractivity contribution in [3.8, 4) is 0 Å². The average Bonchev–Trinajstić information content (AvgIpc) is 3.11. The smallest absolute Gasteiger partial charge is 0.243 e. The molecule has 2 aromatic rings. The second-order valence-corrected chi connectivity index (χ2v) is 8.96. The number of anilines is 1. The number of carbonyl (C=O) groups is 2. The van der Waals surface area contributed by atoms with Crippen molar-refractivity contribution in [1.29, 1.82) is 0 Å². The Balaban J connectivity index is 2.12. The molecule has 0 aliphatic rings. The molecule has 1 atom stereocenters. The molecule has 0 bridgehead atoms. The maximum absolute atomic E-state index is 13.6. The molecule has 2 rings (SSSR count). The highest BCUT2D eigenvalue weighted by Crippen LogP contribution is 2.14. The first-order valence-corrected chi connectivity index (χ1v) is 10.8. The topological polar surface area (TPSA) is 100 Å². The lowest BCUT2D eigenvalue weighted by Gasteiger charge is -2.30. The first kappa shape index (κ1) is 24.7. The minimum Gasteiger partial charge on any atom is -0.375 e. The summed E-state index contributed by atoms with van der Waals surface area (Å²) in [5, 5.41) is 5.87. The van der Waals surface area contributed by atoms with E-state index in [1.807, 2.05) is 32.6 Å². The van der Waals surface area contributed by atoms with E-state index in [-0.39, 0.29) is 37.5 Å². The summed E-state index contributed by atoms with van der Waals surface area (Å²) in [7, 11) is 0. The summed E-state index contributed by atoms with van der Waals surface area (Å²) in [6, 6.07) is 2.75. The highest BCUT2D eigenvalue weighted by molar-refractivity contribution is 7.15. The van der Waals surface area contributed by atoms with Crippen LogP contribution in [-0.4, -0.2) is 46.4 Å². The monoisotopic (exact) mass is 453 g/mol. The molecule has 1 unspecified atom stereocenters. The molecule has 170 valence electrons. The van der Waals surface area contributed by atoms with E-state index >= 15 is 0 Å². The Morgan fingerprint density at radius 2 is 1.84 bits per heavy atom. The van der Waals surface area contributed by atoms with E-state index in [0.29, 0.717) is 10.7 Å². The fourth-order valence-electron chi connectivity index (χ4n) is 3.18. The molecule has 0 saturated carbocycles. The number of aromatic nitrogens is 1. The number of nitrogens with zero attached hydrogens (tertiary/aromatic N) is 2. The van der Waals surface area contributed by atoms with Crippen molar-refractivity contribution in [2.75, 3.05) is 12.3 Å². The average molecular weight is 454 g/mol. The Morgan fingerprint density at radius 1 is 1.16 bits per heavy atom. The van der Waals surface area contributed by atoms with Crippen LogP contribution < -0.4 is 16.4 Å². The van der Waals surface area contributed by atoms with Crippen LogP contribution in [0.5, 0.6) is 0 Å². The first-order valence-electron chi connectivity index (χ1n) is 10.0. The Labute approximate surface area is 185 Å². The zero-order valence-corrected chi connectivity index (χ0v) is 18.9. The number of carbonyl (C=O) groups excluding carboxylic acids is 2. The molecule has 0 radical (unpaired) electrons. The maximum atomic E-state index is 13.6. The van der Waals surface area contributed by atoms with Crippen molar-refractivity contribution in [2.45, 2.75) is 58.8 Å². The summed E-state index contributed by atoms with van der Waals surface area (Å²) < 4.78 is 26.9. The molecule has 0 aliphatic carbocycles. The predicted molar refractivity (Wildman–Crippen MR) is 117 cm³/mol. The third-order valence-corrected chi connectivity index (χ3v) is 5.56. The highest BCUT2D eigenvalue weighted by Gasteiger charge is 2.24. The number of nitrogens with two attached hydrogens (primary N) is 1. The van der Waals surface area contributed by atoms with Gasteiger partial charge in [0.2, 0.25) is 11.8 Å². The molecule has 1 aromatic heterocycles. The second kappa shape index (κ2) is 11.1. The third kappa shape index (κ3) is 7.55. The van der Waals surface area contributed by atoms with Gasteiger partial charge >= 0.3 is 0 Å². The summed E-state index contributed by atoms with van der Waals surface area (Å²) in [5.74, 6) is -2.74. The zero-order chi connectivity index (χ0) is 23.1. The standard InChI is InChI=1S/C21H29F2N5O2S/c1-12(2)28(13(3)4)11-19(29)27-18(8-14-5-6-16(22)17(23)7-14)20(30)25-9-15-10-26-21(24)31-15/h5-7,10,12-13,18H,8-9,11H2,1-4H3,(H2,24,26)(H,25,30)(H,27,29). The van der Waals surface area contributed by atoms with E-state index in [4.69, 9.17) is 5.73 Å². The van der Waals surface area contributed by atoms with Crippen LogP contribution in [0.1, 0.15) is 38.1 Å². The summed E-state index contributed by atoms with van der Waals surface area (Å²) in [6.07, 6.45) is 1.58. The Morgan fingerprint density at radius 3 is 2.39 bits per heavy atom. The van der Waals surface area contributed by atoms with Gasteiger partial charge in [0.05, 0.1) is 13.1 Å². The molecule has 10 heteroatoms. The van der Waals surface area contributed by atoms with Gasteiger partial charge in [-0.2, -0.15) is 0 Å². The predicted octanol–water partition coefficient (Wildman–Crippen LogP) is 2.47. The number of nitrogens with one attached hydrogen (secondary N) is 2. The molecule has 1 heterocycles. The van der Waals surface area contributed by atoms with E-state index in [1.54, 1.807) is 6.20 Å². The largest absolute Gasteiger partial charge is 0.375 e. The fraction of sp³-hybridized carbons (Fsp3) is 0.476. The van der Waals surface area contributed by atoms with Gasteiger partial charge in [-0.05, 0) is 45.4 Å². The van der Waals surface area contributed by atoms with Crippen LogP contribution in [0.15, 0.2) is 24.4 Å². The summed E-state index contributed by atoms with van der Waals surface area (Å²) in [5.41, 5.74) is 6.00. The van der Waals surface area contributed by atoms with Crippen molar-refractivity contribution < 1.29 is 18.4 Å². The molecule has 0 saturated heterocycles. The molecular formula is C21H29F2N5O2S. The van der Waals surface area contributed by atoms with Crippen molar-refractivity contribution >= 4 is 28.3 Å². The number of nitrogen functional groups attached to an aromatic ring is 1. The minimum absolute atomic E-state index is 0.0168. The van der Waals surface area contributed by atoms with Crippen molar-refractivity contribution in [1.82, 2.24) is 20.5 Å². The minimum atomic E-state index is -1.01. The van der Waals surface area contributed by atoms with Crippen molar-refractivity contribution in [2.24, 2.45) is 0 Å². The molecule has 2 amide bonds. The van der Waals surface area contributed by atoms with Crippen LogP contribution in [-0.2, 0) is 22.6 Å². The lowest BCUT2D eigenvalue weighted by atomic mass is 10.0. The number of hydrogen-bond donors (Lipinski definition) is 3. The van der Waals surface area contributed by atoms with Gasteiger partial charge in [0.25, 0.3) is 0 Å². The Kier molecular flexibility index (Phi) is 8.88. The van der Waals surface area contributed by atoms with E-state index in [1.165, 1.54) is 17.4 Å². The number of thiazole rings is 1. The number of benzene rings is 1. The Hall–Kier alpha value is -2.59. The fourth-order valence-corrected chi connectivity index (χ4v) is 3.80. The zero-order valence-electron chi connectivity index (χ0n) is 18.1.